The van der Waals surface area contributed by atoms with Gasteiger partial charge in [0.15, 0.2) is 0 Å². The molecular formula is C23H25F3N4O. The van der Waals surface area contributed by atoms with Gasteiger partial charge in [-0.05, 0) is 74.6 Å². The Kier molecular flexibility index (Phi) is 6.74. The first-order valence-electron chi connectivity index (χ1n) is 10.2. The van der Waals surface area contributed by atoms with E-state index >= 15 is 0 Å². The predicted octanol–water partition coefficient (Wildman–Crippen LogP) is 5.08. The molecule has 0 atom stereocenters. The summed E-state index contributed by atoms with van der Waals surface area (Å²) in [6, 6.07) is 11.5. The minimum atomic E-state index is -4.58. The van der Waals surface area contributed by atoms with Crippen molar-refractivity contribution < 1.29 is 18.0 Å². The fourth-order valence-corrected chi connectivity index (χ4v) is 3.92. The Morgan fingerprint density at radius 2 is 1.65 bits per heavy atom. The zero-order chi connectivity index (χ0) is 22.6. The van der Waals surface area contributed by atoms with E-state index < -0.39 is 11.7 Å². The van der Waals surface area contributed by atoms with Crippen LogP contribution in [0.25, 0.3) is 0 Å². The number of nitriles is 1. The Balaban J connectivity index is 1.58. The Hall–Kier alpha value is -3.21. The molecule has 2 aromatic rings. The first-order chi connectivity index (χ1) is 14.7. The number of hydrogen-bond donors (Lipinski definition) is 3. The molecule has 0 unspecified atom stereocenters. The predicted molar refractivity (Wildman–Crippen MR) is 114 cm³/mol. The van der Waals surface area contributed by atoms with Crippen LogP contribution in [0.2, 0.25) is 0 Å². The molecule has 1 saturated carbocycles. The molecule has 0 aliphatic heterocycles. The van der Waals surface area contributed by atoms with E-state index in [1.54, 1.807) is 24.3 Å². The number of hydrogen-bond acceptors (Lipinski definition) is 4. The Labute approximate surface area is 179 Å². The highest BCUT2D eigenvalue weighted by atomic mass is 19.4. The molecule has 0 saturated heterocycles. The minimum absolute atomic E-state index is 0.0106. The first kappa shape index (κ1) is 22.5. The summed E-state index contributed by atoms with van der Waals surface area (Å²) in [6.45, 7) is 1.51. The van der Waals surface area contributed by atoms with Crippen molar-refractivity contribution in [3.05, 3.63) is 58.7 Å². The smallest absolute Gasteiger partial charge is 0.388 e. The van der Waals surface area contributed by atoms with Crippen molar-refractivity contribution in [2.45, 2.75) is 50.9 Å². The van der Waals surface area contributed by atoms with Crippen LogP contribution < -0.4 is 16.0 Å². The van der Waals surface area contributed by atoms with Crippen LogP contribution >= 0.6 is 0 Å². The Bertz CT molecular complexity index is 972. The van der Waals surface area contributed by atoms with Crippen molar-refractivity contribution in [1.82, 2.24) is 5.32 Å². The highest BCUT2D eigenvalue weighted by molar-refractivity contribution is 5.94. The minimum Gasteiger partial charge on any atom is -0.388 e. The van der Waals surface area contributed by atoms with Crippen LogP contribution in [0, 0.1) is 18.3 Å². The third-order valence-electron chi connectivity index (χ3n) is 5.62. The van der Waals surface area contributed by atoms with E-state index in [9.17, 15) is 18.0 Å². The van der Waals surface area contributed by atoms with Gasteiger partial charge in [-0.2, -0.15) is 18.4 Å². The molecule has 0 spiro atoms. The number of benzene rings is 2. The molecule has 0 heterocycles. The summed E-state index contributed by atoms with van der Waals surface area (Å²) < 4.78 is 39.9. The normalized spacial score (nSPS) is 18.7. The van der Waals surface area contributed by atoms with Crippen LogP contribution in [-0.4, -0.2) is 25.0 Å². The number of anilines is 2. The van der Waals surface area contributed by atoms with Crippen LogP contribution in [0.4, 0.5) is 24.5 Å². The highest BCUT2D eigenvalue weighted by Crippen LogP contribution is 2.36. The second-order valence-corrected chi connectivity index (χ2v) is 7.82. The van der Waals surface area contributed by atoms with Crippen LogP contribution in [0.5, 0.6) is 0 Å². The second kappa shape index (κ2) is 9.29. The van der Waals surface area contributed by atoms with Crippen molar-refractivity contribution in [2.75, 3.05) is 17.7 Å². The van der Waals surface area contributed by atoms with E-state index in [0.717, 1.165) is 37.4 Å². The summed E-state index contributed by atoms with van der Waals surface area (Å²) in [5.74, 6) is -0.128. The van der Waals surface area contributed by atoms with Gasteiger partial charge in [0, 0.05) is 36.1 Å². The molecular weight excluding hydrogens is 405 g/mol. The van der Waals surface area contributed by atoms with Crippen LogP contribution in [0.3, 0.4) is 0 Å². The molecule has 8 heteroatoms. The number of carbonyl (C=O) groups is 1. The average Bonchev–Trinajstić information content (AvgIpc) is 2.74. The summed E-state index contributed by atoms with van der Waals surface area (Å²) in [5.41, 5.74) is 0.919. The lowest BCUT2D eigenvalue weighted by atomic mass is 9.90. The number of alkyl halides is 3. The monoisotopic (exact) mass is 430 g/mol. The van der Waals surface area contributed by atoms with Crippen molar-refractivity contribution >= 4 is 17.3 Å². The number of halogens is 3. The van der Waals surface area contributed by atoms with Crippen molar-refractivity contribution in [3.8, 4) is 6.07 Å². The largest absolute Gasteiger partial charge is 0.417 e. The van der Waals surface area contributed by atoms with E-state index in [4.69, 9.17) is 5.26 Å². The third kappa shape index (κ3) is 5.48. The van der Waals surface area contributed by atoms with Gasteiger partial charge >= 0.3 is 6.18 Å². The van der Waals surface area contributed by atoms with E-state index in [-0.39, 0.29) is 23.6 Å². The quantitative estimate of drug-likeness (QED) is 0.618. The van der Waals surface area contributed by atoms with E-state index in [0.29, 0.717) is 16.8 Å². The SMILES string of the molecule is CNc1ccc(C(=O)NC2CCC(Nc3cc(C)c(C#N)c(C(F)(F)F)c3)CC2)cc1. The lowest BCUT2D eigenvalue weighted by Gasteiger charge is -2.30. The summed E-state index contributed by atoms with van der Waals surface area (Å²) in [5, 5.41) is 18.3. The van der Waals surface area contributed by atoms with Crippen molar-refractivity contribution in [1.29, 1.82) is 5.26 Å². The fourth-order valence-electron chi connectivity index (χ4n) is 3.92. The maximum absolute atomic E-state index is 13.3. The van der Waals surface area contributed by atoms with Gasteiger partial charge in [-0.3, -0.25) is 4.79 Å². The molecule has 1 amide bonds. The summed E-state index contributed by atoms with van der Waals surface area (Å²) >= 11 is 0. The molecule has 1 aliphatic rings. The maximum Gasteiger partial charge on any atom is 0.417 e. The molecule has 0 radical (unpaired) electrons. The van der Waals surface area contributed by atoms with Gasteiger partial charge in [0.1, 0.15) is 6.07 Å². The summed E-state index contributed by atoms with van der Waals surface area (Å²) in [6.07, 6.45) is -1.66. The number of carbonyl (C=O) groups excluding carboxylic acids is 1. The standard InChI is InChI=1S/C23H25F3N4O/c1-14-11-19(12-21(20(14)13-27)23(24,25)26)29-17-7-9-18(10-8-17)30-22(31)15-3-5-16(28-2)6-4-15/h3-6,11-12,17-18,28-29H,7-10H2,1-2H3,(H,30,31). The molecule has 1 fully saturated rings. The van der Waals surface area contributed by atoms with Crippen LogP contribution in [0.1, 0.15) is 52.7 Å². The summed E-state index contributed by atoms with van der Waals surface area (Å²) in [4.78, 5) is 12.4. The van der Waals surface area contributed by atoms with E-state index in [1.807, 2.05) is 19.2 Å². The molecule has 3 rings (SSSR count). The molecule has 1 aliphatic carbocycles. The third-order valence-corrected chi connectivity index (χ3v) is 5.62. The van der Waals surface area contributed by atoms with E-state index in [1.165, 1.54) is 6.92 Å². The number of amides is 1. The number of aryl methyl sites for hydroxylation is 1. The zero-order valence-corrected chi connectivity index (χ0v) is 17.4. The van der Waals surface area contributed by atoms with Gasteiger partial charge in [0.25, 0.3) is 5.91 Å². The molecule has 31 heavy (non-hydrogen) atoms. The van der Waals surface area contributed by atoms with Crippen LogP contribution in [-0.2, 0) is 6.18 Å². The maximum atomic E-state index is 13.3. The number of rotatable bonds is 5. The van der Waals surface area contributed by atoms with Gasteiger partial charge in [-0.15, -0.1) is 0 Å². The lowest BCUT2D eigenvalue weighted by Crippen LogP contribution is -2.40. The second-order valence-electron chi connectivity index (χ2n) is 7.82. The van der Waals surface area contributed by atoms with Gasteiger partial charge in [0.2, 0.25) is 0 Å². The zero-order valence-electron chi connectivity index (χ0n) is 17.4. The van der Waals surface area contributed by atoms with Gasteiger partial charge in [0.05, 0.1) is 11.1 Å². The molecule has 5 nitrogen and oxygen atoms in total. The lowest BCUT2D eigenvalue weighted by molar-refractivity contribution is -0.137. The van der Waals surface area contributed by atoms with Crippen LogP contribution in [0.15, 0.2) is 36.4 Å². The Morgan fingerprint density at radius 3 is 2.19 bits per heavy atom. The Morgan fingerprint density at radius 1 is 1.03 bits per heavy atom. The molecule has 2 aromatic carbocycles. The van der Waals surface area contributed by atoms with Gasteiger partial charge in [-0.1, -0.05) is 0 Å². The fraction of sp³-hybridized carbons (Fsp3) is 0.391. The molecule has 164 valence electrons. The number of nitrogens with zero attached hydrogens (tertiary/aromatic N) is 1. The molecule has 0 bridgehead atoms. The molecule has 3 N–H and O–H groups in total. The van der Waals surface area contributed by atoms with Gasteiger partial charge < -0.3 is 16.0 Å². The first-order valence-corrected chi connectivity index (χ1v) is 10.2. The molecule has 0 aromatic heterocycles. The summed E-state index contributed by atoms with van der Waals surface area (Å²) in [7, 11) is 1.81. The van der Waals surface area contributed by atoms with Crippen molar-refractivity contribution in [2.24, 2.45) is 0 Å². The number of nitrogens with one attached hydrogen (secondary N) is 3. The van der Waals surface area contributed by atoms with Gasteiger partial charge in [-0.25, -0.2) is 0 Å². The topological polar surface area (TPSA) is 77.0 Å². The van der Waals surface area contributed by atoms with Crippen molar-refractivity contribution in [3.63, 3.8) is 0 Å². The average molecular weight is 430 g/mol. The highest BCUT2D eigenvalue weighted by Gasteiger charge is 2.35. The van der Waals surface area contributed by atoms with E-state index in [2.05, 4.69) is 16.0 Å².